The SMILES string of the molecule is COc1cc(/C=N/O)ccc1OCCOc1ccc(C(C)C)cc1. The third-order valence-corrected chi connectivity index (χ3v) is 3.55. The minimum Gasteiger partial charge on any atom is -0.493 e. The van der Waals surface area contributed by atoms with Gasteiger partial charge in [-0.2, -0.15) is 0 Å². The molecule has 24 heavy (non-hydrogen) atoms. The van der Waals surface area contributed by atoms with Gasteiger partial charge in [0.15, 0.2) is 11.5 Å². The Hall–Kier alpha value is -2.69. The second-order valence-corrected chi connectivity index (χ2v) is 5.58. The highest BCUT2D eigenvalue weighted by Gasteiger charge is 2.05. The summed E-state index contributed by atoms with van der Waals surface area (Å²) in [7, 11) is 1.56. The summed E-state index contributed by atoms with van der Waals surface area (Å²) in [6, 6.07) is 13.4. The number of hydrogen-bond acceptors (Lipinski definition) is 5. The minimum atomic E-state index is 0.399. The van der Waals surface area contributed by atoms with E-state index in [0.717, 1.165) is 11.3 Å². The highest BCUT2D eigenvalue weighted by atomic mass is 16.5. The molecule has 0 bridgehead atoms. The van der Waals surface area contributed by atoms with Gasteiger partial charge in [0, 0.05) is 5.56 Å². The zero-order valence-corrected chi connectivity index (χ0v) is 14.2. The van der Waals surface area contributed by atoms with Gasteiger partial charge in [0.1, 0.15) is 19.0 Å². The number of hydrogen-bond donors (Lipinski definition) is 1. The molecule has 0 amide bonds. The summed E-state index contributed by atoms with van der Waals surface area (Å²) in [5, 5.41) is 11.6. The molecule has 0 saturated carbocycles. The van der Waals surface area contributed by atoms with Crippen LogP contribution >= 0.6 is 0 Å². The smallest absolute Gasteiger partial charge is 0.161 e. The standard InChI is InChI=1S/C19H23NO4/c1-14(2)16-5-7-17(8-6-16)23-10-11-24-18-9-4-15(13-20-21)12-19(18)22-3/h4-9,12-14,21H,10-11H2,1-3H3/b20-13+. The molecule has 5 heteroatoms. The molecule has 0 saturated heterocycles. The van der Waals surface area contributed by atoms with E-state index in [-0.39, 0.29) is 0 Å². The second kappa shape index (κ2) is 8.82. The summed E-state index contributed by atoms with van der Waals surface area (Å²) >= 11 is 0. The maximum Gasteiger partial charge on any atom is 0.161 e. The van der Waals surface area contributed by atoms with Crippen LogP contribution in [0.25, 0.3) is 0 Å². The quantitative estimate of drug-likeness (QED) is 0.343. The topological polar surface area (TPSA) is 60.3 Å². The largest absolute Gasteiger partial charge is 0.493 e. The molecule has 2 rings (SSSR count). The lowest BCUT2D eigenvalue weighted by atomic mass is 10.0. The van der Waals surface area contributed by atoms with Crippen molar-refractivity contribution in [3.05, 3.63) is 53.6 Å². The molecule has 0 aromatic heterocycles. The first kappa shape index (κ1) is 17.7. The van der Waals surface area contributed by atoms with Crippen LogP contribution in [0, 0.1) is 0 Å². The van der Waals surface area contributed by atoms with Crippen molar-refractivity contribution in [2.24, 2.45) is 5.16 Å². The molecule has 0 aliphatic heterocycles. The Morgan fingerprint density at radius 1 is 1.00 bits per heavy atom. The van der Waals surface area contributed by atoms with Crippen LogP contribution in [0.4, 0.5) is 0 Å². The first-order chi connectivity index (χ1) is 11.6. The van der Waals surface area contributed by atoms with Gasteiger partial charge in [0.25, 0.3) is 0 Å². The van der Waals surface area contributed by atoms with Crippen LogP contribution < -0.4 is 14.2 Å². The normalized spacial score (nSPS) is 11.0. The number of ether oxygens (including phenoxy) is 3. The van der Waals surface area contributed by atoms with Crippen LogP contribution in [0.2, 0.25) is 0 Å². The predicted molar refractivity (Wildman–Crippen MR) is 93.9 cm³/mol. The van der Waals surface area contributed by atoms with Crippen LogP contribution in [-0.2, 0) is 0 Å². The highest BCUT2D eigenvalue weighted by molar-refractivity contribution is 5.80. The summed E-state index contributed by atoms with van der Waals surface area (Å²) in [5.74, 6) is 2.53. The van der Waals surface area contributed by atoms with Gasteiger partial charge in [-0.15, -0.1) is 0 Å². The van der Waals surface area contributed by atoms with Crippen molar-refractivity contribution >= 4 is 6.21 Å². The van der Waals surface area contributed by atoms with Crippen molar-refractivity contribution in [2.75, 3.05) is 20.3 Å². The fourth-order valence-corrected chi connectivity index (χ4v) is 2.21. The first-order valence-corrected chi connectivity index (χ1v) is 7.85. The molecule has 0 spiro atoms. The molecular formula is C19H23NO4. The van der Waals surface area contributed by atoms with Gasteiger partial charge in [-0.25, -0.2) is 0 Å². The summed E-state index contributed by atoms with van der Waals surface area (Å²) in [5.41, 5.74) is 2.01. The van der Waals surface area contributed by atoms with Gasteiger partial charge in [0.05, 0.1) is 13.3 Å². The average molecular weight is 329 g/mol. The van der Waals surface area contributed by atoms with Crippen molar-refractivity contribution in [1.29, 1.82) is 0 Å². The molecule has 2 aromatic carbocycles. The van der Waals surface area contributed by atoms with E-state index in [1.165, 1.54) is 11.8 Å². The molecule has 1 N–H and O–H groups in total. The van der Waals surface area contributed by atoms with Crippen LogP contribution in [0.5, 0.6) is 17.2 Å². The van der Waals surface area contributed by atoms with E-state index in [9.17, 15) is 0 Å². The van der Waals surface area contributed by atoms with Crippen molar-refractivity contribution in [3.8, 4) is 17.2 Å². The summed E-state index contributed by atoms with van der Waals surface area (Å²) < 4.78 is 16.6. The van der Waals surface area contributed by atoms with Gasteiger partial charge < -0.3 is 19.4 Å². The Morgan fingerprint density at radius 3 is 2.33 bits per heavy atom. The molecule has 5 nitrogen and oxygen atoms in total. The second-order valence-electron chi connectivity index (χ2n) is 5.58. The third kappa shape index (κ3) is 4.91. The van der Waals surface area contributed by atoms with Crippen LogP contribution in [0.3, 0.4) is 0 Å². The zero-order valence-electron chi connectivity index (χ0n) is 14.2. The van der Waals surface area contributed by atoms with Crippen molar-refractivity contribution in [1.82, 2.24) is 0 Å². The molecule has 0 fully saturated rings. The van der Waals surface area contributed by atoms with Crippen molar-refractivity contribution < 1.29 is 19.4 Å². The van der Waals surface area contributed by atoms with Crippen molar-refractivity contribution in [2.45, 2.75) is 19.8 Å². The number of methoxy groups -OCH3 is 1. The number of rotatable bonds is 8. The maximum atomic E-state index is 8.56. The molecule has 2 aromatic rings. The molecule has 0 unspecified atom stereocenters. The van der Waals surface area contributed by atoms with E-state index in [1.807, 2.05) is 12.1 Å². The third-order valence-electron chi connectivity index (χ3n) is 3.55. The monoisotopic (exact) mass is 329 g/mol. The van der Waals surface area contributed by atoms with E-state index in [1.54, 1.807) is 25.3 Å². The molecule has 0 aliphatic carbocycles. The first-order valence-electron chi connectivity index (χ1n) is 7.85. The highest BCUT2D eigenvalue weighted by Crippen LogP contribution is 2.27. The summed E-state index contributed by atoms with van der Waals surface area (Å²) in [6.07, 6.45) is 1.33. The fourth-order valence-electron chi connectivity index (χ4n) is 2.21. The lowest BCUT2D eigenvalue weighted by molar-refractivity contribution is 0.211. The Balaban J connectivity index is 1.85. The van der Waals surface area contributed by atoms with Crippen LogP contribution in [0.1, 0.15) is 30.9 Å². The lowest BCUT2D eigenvalue weighted by Gasteiger charge is -2.12. The van der Waals surface area contributed by atoms with Crippen molar-refractivity contribution in [3.63, 3.8) is 0 Å². The Bertz CT molecular complexity index is 666. The summed E-state index contributed by atoms with van der Waals surface area (Å²) in [6.45, 7) is 5.16. The van der Waals surface area contributed by atoms with E-state index in [0.29, 0.717) is 30.6 Å². The Morgan fingerprint density at radius 2 is 1.71 bits per heavy atom. The zero-order chi connectivity index (χ0) is 17.4. The van der Waals surface area contributed by atoms with E-state index in [2.05, 4.69) is 31.1 Å². The predicted octanol–water partition coefficient (Wildman–Crippen LogP) is 4.08. The molecule has 0 aliphatic rings. The van der Waals surface area contributed by atoms with Gasteiger partial charge in [-0.1, -0.05) is 31.1 Å². The number of oxime groups is 1. The fraction of sp³-hybridized carbons (Fsp3) is 0.316. The van der Waals surface area contributed by atoms with E-state index < -0.39 is 0 Å². The van der Waals surface area contributed by atoms with Gasteiger partial charge in [0.2, 0.25) is 0 Å². The number of nitrogens with zero attached hydrogens (tertiary/aromatic N) is 1. The van der Waals surface area contributed by atoms with Gasteiger partial charge >= 0.3 is 0 Å². The van der Waals surface area contributed by atoms with Gasteiger partial charge in [-0.05, 0) is 41.8 Å². The molecule has 128 valence electrons. The Kier molecular flexibility index (Phi) is 6.49. The van der Waals surface area contributed by atoms with E-state index in [4.69, 9.17) is 19.4 Å². The maximum absolute atomic E-state index is 8.56. The minimum absolute atomic E-state index is 0.399. The Labute approximate surface area is 142 Å². The van der Waals surface area contributed by atoms with Gasteiger partial charge in [-0.3, -0.25) is 0 Å². The van der Waals surface area contributed by atoms with Crippen LogP contribution in [0.15, 0.2) is 47.6 Å². The van der Waals surface area contributed by atoms with E-state index >= 15 is 0 Å². The molecule has 0 heterocycles. The lowest BCUT2D eigenvalue weighted by Crippen LogP contribution is -2.09. The molecular weight excluding hydrogens is 306 g/mol. The average Bonchev–Trinajstić information content (AvgIpc) is 2.60. The molecule has 0 radical (unpaired) electrons. The molecule has 0 atom stereocenters. The number of benzene rings is 2. The summed E-state index contributed by atoms with van der Waals surface area (Å²) in [4.78, 5) is 0. The van der Waals surface area contributed by atoms with Crippen LogP contribution in [-0.4, -0.2) is 31.7 Å².